The van der Waals surface area contributed by atoms with E-state index < -0.39 is 5.97 Å². The highest BCUT2D eigenvalue weighted by molar-refractivity contribution is 5.90. The molecule has 0 saturated heterocycles. The predicted molar refractivity (Wildman–Crippen MR) is 94.7 cm³/mol. The molecule has 0 aliphatic carbocycles. The van der Waals surface area contributed by atoms with Crippen LogP contribution in [0, 0.1) is 6.92 Å². The van der Waals surface area contributed by atoms with Crippen LogP contribution in [0.1, 0.15) is 23.7 Å². The highest BCUT2D eigenvalue weighted by Crippen LogP contribution is 2.30. The maximum atomic E-state index is 11.3. The summed E-state index contributed by atoms with van der Waals surface area (Å²) in [6, 6.07) is 16.1. The number of rotatable bonds is 6. The van der Waals surface area contributed by atoms with Gasteiger partial charge >= 0.3 is 5.97 Å². The summed E-state index contributed by atoms with van der Waals surface area (Å²) in [5.41, 5.74) is 4.07. The van der Waals surface area contributed by atoms with Crippen LogP contribution in [0.15, 0.2) is 48.5 Å². The second-order valence-corrected chi connectivity index (χ2v) is 5.82. The zero-order valence-electron chi connectivity index (χ0n) is 14.0. The van der Waals surface area contributed by atoms with Crippen molar-refractivity contribution < 1.29 is 14.6 Å². The van der Waals surface area contributed by atoms with Gasteiger partial charge in [0.15, 0.2) is 0 Å². The van der Waals surface area contributed by atoms with Crippen LogP contribution in [0.25, 0.3) is 10.9 Å². The summed E-state index contributed by atoms with van der Waals surface area (Å²) in [6.07, 6.45) is 0.0136. The highest BCUT2D eigenvalue weighted by atomic mass is 16.5. The van der Waals surface area contributed by atoms with E-state index in [9.17, 15) is 9.90 Å². The fourth-order valence-electron chi connectivity index (χ4n) is 3.13. The van der Waals surface area contributed by atoms with Gasteiger partial charge in [-0.3, -0.25) is 4.79 Å². The lowest BCUT2D eigenvalue weighted by molar-refractivity contribution is -0.136. The summed E-state index contributed by atoms with van der Waals surface area (Å²) in [5.74, 6) is -0.0489. The van der Waals surface area contributed by atoms with Gasteiger partial charge in [-0.2, -0.15) is 0 Å². The van der Waals surface area contributed by atoms with E-state index in [0.717, 1.165) is 34.5 Å². The molecule has 0 aliphatic heterocycles. The van der Waals surface area contributed by atoms with Crippen LogP contribution in [-0.2, 0) is 17.8 Å². The third kappa shape index (κ3) is 3.13. The second kappa shape index (κ2) is 6.79. The van der Waals surface area contributed by atoms with E-state index in [1.54, 1.807) is 0 Å². The maximum Gasteiger partial charge on any atom is 0.307 e. The first-order valence-corrected chi connectivity index (χ1v) is 8.10. The quantitative estimate of drug-likeness (QED) is 0.745. The monoisotopic (exact) mass is 323 g/mol. The van der Waals surface area contributed by atoms with Crippen LogP contribution >= 0.6 is 0 Å². The Hall–Kier alpha value is -2.75. The lowest BCUT2D eigenvalue weighted by atomic mass is 10.1. The molecule has 0 radical (unpaired) electrons. The summed E-state index contributed by atoms with van der Waals surface area (Å²) >= 11 is 0. The van der Waals surface area contributed by atoms with E-state index in [1.165, 1.54) is 5.56 Å². The first-order chi connectivity index (χ1) is 11.6. The van der Waals surface area contributed by atoms with E-state index in [1.807, 2.05) is 50.2 Å². The predicted octanol–water partition coefficient (Wildman–Crippen LogP) is 4.02. The number of aliphatic carboxylic acids is 1. The molecule has 0 spiro atoms. The van der Waals surface area contributed by atoms with E-state index in [2.05, 4.69) is 16.7 Å². The normalized spacial score (nSPS) is 10.9. The molecular weight excluding hydrogens is 302 g/mol. The number of hydrogen-bond acceptors (Lipinski definition) is 2. The van der Waals surface area contributed by atoms with Crippen molar-refractivity contribution >= 4 is 16.9 Å². The van der Waals surface area contributed by atoms with Crippen molar-refractivity contribution in [1.29, 1.82) is 0 Å². The molecule has 0 atom stereocenters. The number of hydrogen-bond donors (Lipinski definition) is 1. The van der Waals surface area contributed by atoms with Gasteiger partial charge in [-0.05, 0) is 43.2 Å². The topological polar surface area (TPSA) is 51.5 Å². The molecule has 0 fully saturated rings. The Balaban J connectivity index is 2.14. The molecule has 0 amide bonds. The summed E-state index contributed by atoms with van der Waals surface area (Å²) < 4.78 is 7.76. The number of ether oxygens (including phenoxy) is 1. The number of carbonyl (C=O) groups is 1. The fraction of sp³-hybridized carbons (Fsp3) is 0.250. The number of carboxylic acid groups (broad SMARTS) is 1. The van der Waals surface area contributed by atoms with Crippen molar-refractivity contribution in [3.05, 3.63) is 65.4 Å². The van der Waals surface area contributed by atoms with Crippen molar-refractivity contribution in [3.63, 3.8) is 0 Å². The van der Waals surface area contributed by atoms with E-state index in [4.69, 9.17) is 4.74 Å². The van der Waals surface area contributed by atoms with E-state index >= 15 is 0 Å². The Labute approximate surface area is 141 Å². The third-order valence-electron chi connectivity index (χ3n) is 4.25. The molecular formula is C20H21NO3. The highest BCUT2D eigenvalue weighted by Gasteiger charge is 2.17. The number of nitrogens with zero attached hydrogens (tertiary/aromatic N) is 1. The summed E-state index contributed by atoms with van der Waals surface area (Å²) in [6.45, 7) is 5.23. The Morgan fingerprint density at radius 2 is 1.92 bits per heavy atom. The fourth-order valence-corrected chi connectivity index (χ4v) is 3.13. The smallest absolute Gasteiger partial charge is 0.307 e. The number of aromatic nitrogens is 1. The SMILES string of the molecule is CCOc1ccc2c(c1)c(CC(=O)O)c(C)n2Cc1ccccc1. The second-order valence-electron chi connectivity index (χ2n) is 5.82. The lowest BCUT2D eigenvalue weighted by Crippen LogP contribution is -2.05. The van der Waals surface area contributed by atoms with Gasteiger partial charge in [-0.1, -0.05) is 30.3 Å². The minimum absolute atomic E-state index is 0.0136. The first kappa shape index (κ1) is 16.1. The summed E-state index contributed by atoms with van der Waals surface area (Å²) in [4.78, 5) is 11.3. The van der Waals surface area contributed by atoms with Gasteiger partial charge in [0.2, 0.25) is 0 Å². The molecule has 2 aromatic carbocycles. The summed E-state index contributed by atoms with van der Waals surface area (Å²) in [5, 5.41) is 10.2. The molecule has 0 aliphatic rings. The van der Waals surface area contributed by atoms with Gasteiger partial charge in [-0.25, -0.2) is 0 Å². The Morgan fingerprint density at radius 1 is 1.17 bits per heavy atom. The number of fused-ring (bicyclic) bond motifs is 1. The van der Waals surface area contributed by atoms with Crippen molar-refractivity contribution in [2.24, 2.45) is 0 Å². The van der Waals surface area contributed by atoms with Crippen LogP contribution in [0.3, 0.4) is 0 Å². The van der Waals surface area contributed by atoms with Crippen molar-refractivity contribution in [1.82, 2.24) is 4.57 Å². The van der Waals surface area contributed by atoms with Gasteiger partial charge in [-0.15, -0.1) is 0 Å². The van der Waals surface area contributed by atoms with E-state index in [-0.39, 0.29) is 6.42 Å². The molecule has 0 saturated carbocycles. The molecule has 0 bridgehead atoms. The van der Waals surface area contributed by atoms with Gasteiger partial charge in [0.05, 0.1) is 13.0 Å². The summed E-state index contributed by atoms with van der Waals surface area (Å²) in [7, 11) is 0. The third-order valence-corrected chi connectivity index (χ3v) is 4.25. The van der Waals surface area contributed by atoms with Crippen molar-refractivity contribution in [2.75, 3.05) is 6.61 Å². The number of carboxylic acids is 1. The zero-order chi connectivity index (χ0) is 17.1. The molecule has 3 aromatic rings. The standard InChI is InChI=1S/C20H21NO3/c1-3-24-16-9-10-19-18(11-16)17(12-20(22)23)14(2)21(19)13-15-7-5-4-6-8-15/h4-11H,3,12-13H2,1-2H3,(H,22,23). The van der Waals surface area contributed by atoms with Crippen LogP contribution in [0.2, 0.25) is 0 Å². The van der Waals surface area contributed by atoms with Crippen LogP contribution < -0.4 is 4.74 Å². The maximum absolute atomic E-state index is 11.3. The average Bonchev–Trinajstić information content (AvgIpc) is 2.81. The zero-order valence-corrected chi connectivity index (χ0v) is 14.0. The van der Waals surface area contributed by atoms with Gasteiger partial charge in [0.1, 0.15) is 5.75 Å². The Morgan fingerprint density at radius 3 is 2.58 bits per heavy atom. The lowest BCUT2D eigenvalue weighted by Gasteiger charge is -2.09. The van der Waals surface area contributed by atoms with Crippen molar-refractivity contribution in [2.45, 2.75) is 26.8 Å². The molecule has 24 heavy (non-hydrogen) atoms. The van der Waals surface area contributed by atoms with Crippen molar-refractivity contribution in [3.8, 4) is 5.75 Å². The first-order valence-electron chi connectivity index (χ1n) is 8.10. The minimum Gasteiger partial charge on any atom is -0.494 e. The van der Waals surface area contributed by atoms with Crippen LogP contribution in [-0.4, -0.2) is 22.2 Å². The Bertz CT molecular complexity index is 865. The van der Waals surface area contributed by atoms with Gasteiger partial charge < -0.3 is 14.4 Å². The molecule has 4 heteroatoms. The molecule has 1 N–H and O–H groups in total. The van der Waals surface area contributed by atoms with E-state index in [0.29, 0.717) is 6.61 Å². The average molecular weight is 323 g/mol. The van der Waals surface area contributed by atoms with Gasteiger partial charge in [0, 0.05) is 23.1 Å². The minimum atomic E-state index is -0.821. The Kier molecular flexibility index (Phi) is 4.56. The largest absolute Gasteiger partial charge is 0.494 e. The van der Waals surface area contributed by atoms with Crippen LogP contribution in [0.4, 0.5) is 0 Å². The molecule has 3 rings (SSSR count). The molecule has 1 aromatic heterocycles. The molecule has 124 valence electrons. The van der Waals surface area contributed by atoms with Gasteiger partial charge in [0.25, 0.3) is 0 Å². The molecule has 1 heterocycles. The van der Waals surface area contributed by atoms with Crippen LogP contribution in [0.5, 0.6) is 5.75 Å². The molecule has 0 unspecified atom stereocenters. The number of benzene rings is 2. The molecule has 4 nitrogen and oxygen atoms in total.